The van der Waals surface area contributed by atoms with E-state index >= 15 is 0 Å². The molecule has 1 N–H and O–H groups in total. The summed E-state index contributed by atoms with van der Waals surface area (Å²) in [7, 11) is 0. The van der Waals surface area contributed by atoms with Crippen molar-refractivity contribution in [2.75, 3.05) is 6.54 Å². The second-order valence-electron chi connectivity index (χ2n) is 5.80. The van der Waals surface area contributed by atoms with Crippen molar-refractivity contribution in [3.63, 3.8) is 0 Å². The van der Waals surface area contributed by atoms with Crippen LogP contribution in [0.25, 0.3) is 0 Å². The second kappa shape index (κ2) is 3.61. The maximum Gasteiger partial charge on any atom is 0.00701 e. The molecule has 1 aliphatic carbocycles. The molecule has 1 heteroatoms. The Balaban J connectivity index is 1.77. The Morgan fingerprint density at radius 2 is 2.15 bits per heavy atom. The van der Waals surface area contributed by atoms with Crippen molar-refractivity contribution >= 4 is 0 Å². The standard InChI is InChI=1S/C12H23N/c1-12(2)6-5-10(9-12)8-11-4-3-7-13-11/h10-11,13H,3-9H2,1-2H3. The van der Waals surface area contributed by atoms with Crippen molar-refractivity contribution < 1.29 is 0 Å². The van der Waals surface area contributed by atoms with Gasteiger partial charge in [-0.2, -0.15) is 0 Å². The molecule has 2 aliphatic rings. The molecule has 0 spiro atoms. The SMILES string of the molecule is CC1(C)CCC(CC2CCCN2)C1. The van der Waals surface area contributed by atoms with Crippen LogP contribution in [-0.2, 0) is 0 Å². The van der Waals surface area contributed by atoms with E-state index in [4.69, 9.17) is 0 Å². The number of nitrogens with one attached hydrogen (secondary N) is 1. The predicted octanol–water partition coefficient (Wildman–Crippen LogP) is 2.95. The van der Waals surface area contributed by atoms with Gasteiger partial charge in [-0.15, -0.1) is 0 Å². The first-order valence-electron chi connectivity index (χ1n) is 5.89. The van der Waals surface area contributed by atoms with E-state index in [2.05, 4.69) is 19.2 Å². The van der Waals surface area contributed by atoms with Crippen molar-refractivity contribution in [1.29, 1.82) is 0 Å². The van der Waals surface area contributed by atoms with Crippen LogP contribution in [0.15, 0.2) is 0 Å². The van der Waals surface area contributed by atoms with Gasteiger partial charge in [-0.3, -0.25) is 0 Å². The zero-order valence-corrected chi connectivity index (χ0v) is 9.10. The zero-order chi connectivity index (χ0) is 9.31. The Kier molecular flexibility index (Phi) is 2.64. The molecule has 13 heavy (non-hydrogen) atoms. The fraction of sp³-hybridized carbons (Fsp3) is 1.00. The molecule has 2 fully saturated rings. The lowest BCUT2D eigenvalue weighted by Gasteiger charge is -2.19. The van der Waals surface area contributed by atoms with E-state index in [1.807, 2.05) is 0 Å². The van der Waals surface area contributed by atoms with Crippen molar-refractivity contribution in [1.82, 2.24) is 5.32 Å². The normalized spacial score (nSPS) is 38.3. The van der Waals surface area contributed by atoms with E-state index in [1.54, 1.807) is 0 Å². The largest absolute Gasteiger partial charge is 0.314 e. The Hall–Kier alpha value is -0.0400. The lowest BCUT2D eigenvalue weighted by Crippen LogP contribution is -2.24. The zero-order valence-electron chi connectivity index (χ0n) is 9.10. The first-order chi connectivity index (χ1) is 6.16. The minimum atomic E-state index is 0.642. The lowest BCUT2D eigenvalue weighted by atomic mass is 9.89. The van der Waals surface area contributed by atoms with Gasteiger partial charge in [-0.05, 0) is 56.4 Å². The minimum Gasteiger partial charge on any atom is -0.314 e. The molecule has 1 nitrogen and oxygen atoms in total. The quantitative estimate of drug-likeness (QED) is 0.690. The average molecular weight is 181 g/mol. The fourth-order valence-corrected chi connectivity index (χ4v) is 3.14. The van der Waals surface area contributed by atoms with Crippen LogP contribution in [-0.4, -0.2) is 12.6 Å². The molecule has 0 aromatic carbocycles. The Morgan fingerprint density at radius 1 is 1.31 bits per heavy atom. The predicted molar refractivity (Wildman–Crippen MR) is 56.8 cm³/mol. The molecule has 1 aliphatic heterocycles. The van der Waals surface area contributed by atoms with Gasteiger partial charge in [-0.25, -0.2) is 0 Å². The maximum absolute atomic E-state index is 3.61. The highest BCUT2D eigenvalue weighted by Crippen LogP contribution is 2.43. The molecular formula is C12H23N. The Labute approximate surface area is 82.3 Å². The highest BCUT2D eigenvalue weighted by Gasteiger charge is 2.32. The molecule has 1 saturated carbocycles. The Morgan fingerprint density at radius 3 is 2.69 bits per heavy atom. The molecule has 76 valence electrons. The second-order valence-corrected chi connectivity index (χ2v) is 5.80. The summed E-state index contributed by atoms with van der Waals surface area (Å²) in [6.07, 6.45) is 8.67. The highest BCUT2D eigenvalue weighted by molar-refractivity contribution is 4.86. The van der Waals surface area contributed by atoms with Crippen LogP contribution in [0.1, 0.15) is 52.4 Å². The maximum atomic E-state index is 3.61. The first kappa shape index (κ1) is 9.51. The van der Waals surface area contributed by atoms with E-state index in [9.17, 15) is 0 Å². The van der Waals surface area contributed by atoms with Gasteiger partial charge >= 0.3 is 0 Å². The van der Waals surface area contributed by atoms with Crippen LogP contribution in [0.5, 0.6) is 0 Å². The third kappa shape index (κ3) is 2.46. The molecule has 0 aromatic rings. The topological polar surface area (TPSA) is 12.0 Å². The monoisotopic (exact) mass is 181 g/mol. The van der Waals surface area contributed by atoms with E-state index in [1.165, 1.54) is 45.1 Å². The van der Waals surface area contributed by atoms with Crippen LogP contribution in [0.4, 0.5) is 0 Å². The van der Waals surface area contributed by atoms with Crippen molar-refractivity contribution in [3.8, 4) is 0 Å². The van der Waals surface area contributed by atoms with Gasteiger partial charge in [0.05, 0.1) is 0 Å². The summed E-state index contributed by atoms with van der Waals surface area (Å²) in [4.78, 5) is 0. The lowest BCUT2D eigenvalue weighted by molar-refractivity contribution is 0.339. The Bertz CT molecular complexity index is 168. The van der Waals surface area contributed by atoms with Gasteiger partial charge in [0.2, 0.25) is 0 Å². The van der Waals surface area contributed by atoms with E-state index in [0.717, 1.165) is 12.0 Å². The fourth-order valence-electron chi connectivity index (χ4n) is 3.14. The van der Waals surface area contributed by atoms with Crippen LogP contribution >= 0.6 is 0 Å². The first-order valence-corrected chi connectivity index (χ1v) is 5.89. The van der Waals surface area contributed by atoms with E-state index in [-0.39, 0.29) is 0 Å². The smallest absolute Gasteiger partial charge is 0.00701 e. The van der Waals surface area contributed by atoms with E-state index in [0.29, 0.717) is 5.41 Å². The molecule has 0 bridgehead atoms. The third-order valence-electron chi connectivity index (χ3n) is 3.85. The molecule has 1 heterocycles. The number of hydrogen-bond donors (Lipinski definition) is 1. The number of hydrogen-bond acceptors (Lipinski definition) is 1. The highest BCUT2D eigenvalue weighted by atomic mass is 14.9. The summed E-state index contributed by atoms with van der Waals surface area (Å²) in [6.45, 7) is 6.12. The van der Waals surface area contributed by atoms with Crippen molar-refractivity contribution in [3.05, 3.63) is 0 Å². The summed E-state index contributed by atoms with van der Waals surface area (Å²) in [5, 5.41) is 3.61. The third-order valence-corrected chi connectivity index (χ3v) is 3.85. The molecule has 0 aromatic heterocycles. The van der Waals surface area contributed by atoms with Gasteiger partial charge in [0.25, 0.3) is 0 Å². The van der Waals surface area contributed by atoms with Crippen molar-refractivity contribution in [2.24, 2.45) is 11.3 Å². The molecule has 2 rings (SSSR count). The van der Waals surface area contributed by atoms with Crippen molar-refractivity contribution in [2.45, 2.75) is 58.4 Å². The van der Waals surface area contributed by atoms with Crippen LogP contribution in [0.2, 0.25) is 0 Å². The summed E-state index contributed by atoms with van der Waals surface area (Å²) < 4.78 is 0. The van der Waals surface area contributed by atoms with Crippen LogP contribution in [0, 0.1) is 11.3 Å². The summed E-state index contributed by atoms with van der Waals surface area (Å²) >= 11 is 0. The van der Waals surface area contributed by atoms with Crippen LogP contribution in [0.3, 0.4) is 0 Å². The summed E-state index contributed by atoms with van der Waals surface area (Å²) in [5.74, 6) is 1.02. The average Bonchev–Trinajstić information content (AvgIpc) is 2.61. The van der Waals surface area contributed by atoms with Gasteiger partial charge < -0.3 is 5.32 Å². The number of rotatable bonds is 2. The van der Waals surface area contributed by atoms with Gasteiger partial charge in [0.1, 0.15) is 0 Å². The van der Waals surface area contributed by atoms with Crippen LogP contribution < -0.4 is 5.32 Å². The van der Waals surface area contributed by atoms with E-state index < -0.39 is 0 Å². The summed E-state index contributed by atoms with van der Waals surface area (Å²) in [5.41, 5.74) is 0.642. The minimum absolute atomic E-state index is 0.642. The molecular weight excluding hydrogens is 158 g/mol. The molecule has 0 radical (unpaired) electrons. The molecule has 2 atom stereocenters. The molecule has 2 unspecified atom stereocenters. The molecule has 0 amide bonds. The van der Waals surface area contributed by atoms with Gasteiger partial charge in [0.15, 0.2) is 0 Å². The summed E-state index contributed by atoms with van der Waals surface area (Å²) in [6, 6.07) is 0.860. The van der Waals surface area contributed by atoms with Gasteiger partial charge in [0, 0.05) is 6.04 Å². The van der Waals surface area contributed by atoms with Gasteiger partial charge in [-0.1, -0.05) is 13.8 Å². The molecule has 1 saturated heterocycles.